The Morgan fingerprint density at radius 3 is 2.52 bits per heavy atom. The molecule has 4 nitrogen and oxygen atoms in total. The van der Waals surface area contributed by atoms with Gasteiger partial charge in [-0.3, -0.25) is 4.79 Å². The normalized spacial score (nSPS) is 21.8. The summed E-state index contributed by atoms with van der Waals surface area (Å²) in [6.07, 6.45) is 4.66. The molecule has 2 aliphatic rings. The summed E-state index contributed by atoms with van der Waals surface area (Å²) in [6, 6.07) is 15.7. The van der Waals surface area contributed by atoms with Crippen molar-refractivity contribution in [3.8, 4) is 5.75 Å². The second-order valence-electron chi connectivity index (χ2n) is 7.89. The van der Waals surface area contributed by atoms with Crippen LogP contribution < -0.4 is 10.5 Å². The maximum Gasteiger partial charge on any atom is 0.257 e. The van der Waals surface area contributed by atoms with Crippen molar-refractivity contribution in [2.24, 2.45) is 11.7 Å². The fraction of sp³-hybridized carbons (Fsp3) is 0.435. The van der Waals surface area contributed by atoms with Gasteiger partial charge in [0.2, 0.25) is 0 Å². The maximum atomic E-state index is 13.4. The predicted octanol–water partition coefficient (Wildman–Crippen LogP) is 4.90. The molecule has 6 heteroatoms. The zero-order valence-corrected chi connectivity index (χ0v) is 18.0. The van der Waals surface area contributed by atoms with Crippen molar-refractivity contribution in [2.75, 3.05) is 19.6 Å². The van der Waals surface area contributed by atoms with Gasteiger partial charge in [0.05, 0.1) is 11.7 Å². The van der Waals surface area contributed by atoms with Crippen LogP contribution in [0.5, 0.6) is 5.75 Å². The van der Waals surface area contributed by atoms with Crippen LogP contribution in [0.15, 0.2) is 48.5 Å². The molecule has 2 aromatic rings. The molecule has 0 radical (unpaired) electrons. The summed E-state index contributed by atoms with van der Waals surface area (Å²) < 4.78 is 6.18. The van der Waals surface area contributed by atoms with Crippen molar-refractivity contribution in [1.82, 2.24) is 4.90 Å². The molecular weight excluding hydrogens is 407 g/mol. The van der Waals surface area contributed by atoms with Crippen LogP contribution in [0.1, 0.15) is 47.5 Å². The SMILES string of the molecule is Cl.NC[C@@H]1CN(C(=O)c2cc(Cl)ccc2OC2CCCC2)C[C@H]1c1ccccc1. The van der Waals surface area contributed by atoms with Crippen molar-refractivity contribution in [3.63, 3.8) is 0 Å². The Kier molecular flexibility index (Phi) is 7.44. The first-order valence-electron chi connectivity index (χ1n) is 10.2. The van der Waals surface area contributed by atoms with Crippen molar-refractivity contribution in [1.29, 1.82) is 0 Å². The second-order valence-corrected chi connectivity index (χ2v) is 8.32. The third-order valence-electron chi connectivity index (χ3n) is 6.03. The lowest BCUT2D eigenvalue weighted by atomic mass is 9.89. The zero-order chi connectivity index (χ0) is 19.5. The number of carbonyl (C=O) groups excluding carboxylic acids is 1. The number of rotatable bonds is 5. The smallest absolute Gasteiger partial charge is 0.257 e. The summed E-state index contributed by atoms with van der Waals surface area (Å²) in [5, 5.41) is 0.552. The zero-order valence-electron chi connectivity index (χ0n) is 16.4. The minimum Gasteiger partial charge on any atom is -0.490 e. The summed E-state index contributed by atoms with van der Waals surface area (Å²) in [7, 11) is 0. The Morgan fingerprint density at radius 1 is 1.10 bits per heavy atom. The molecule has 0 bridgehead atoms. The molecule has 1 saturated heterocycles. The van der Waals surface area contributed by atoms with Gasteiger partial charge in [0, 0.05) is 24.0 Å². The highest BCUT2D eigenvalue weighted by molar-refractivity contribution is 6.31. The summed E-state index contributed by atoms with van der Waals surface area (Å²) in [4.78, 5) is 15.3. The average Bonchev–Trinajstić information content (AvgIpc) is 3.39. The van der Waals surface area contributed by atoms with Crippen molar-refractivity contribution < 1.29 is 9.53 Å². The highest BCUT2D eigenvalue weighted by Gasteiger charge is 2.36. The lowest BCUT2D eigenvalue weighted by Crippen LogP contribution is -2.30. The van der Waals surface area contributed by atoms with E-state index in [-0.39, 0.29) is 36.3 Å². The molecule has 29 heavy (non-hydrogen) atoms. The van der Waals surface area contributed by atoms with Crippen LogP contribution in [-0.4, -0.2) is 36.5 Å². The Labute approximate surface area is 183 Å². The molecule has 2 N–H and O–H groups in total. The number of ether oxygens (including phenoxy) is 1. The molecule has 1 aliphatic heterocycles. The fourth-order valence-corrected chi connectivity index (χ4v) is 4.65. The van der Waals surface area contributed by atoms with Gasteiger partial charge in [0.15, 0.2) is 0 Å². The maximum absolute atomic E-state index is 13.4. The van der Waals surface area contributed by atoms with Gasteiger partial charge in [-0.25, -0.2) is 0 Å². The van der Waals surface area contributed by atoms with Gasteiger partial charge in [-0.1, -0.05) is 41.9 Å². The largest absolute Gasteiger partial charge is 0.490 e. The van der Waals surface area contributed by atoms with Gasteiger partial charge in [0.1, 0.15) is 5.75 Å². The van der Waals surface area contributed by atoms with E-state index in [9.17, 15) is 4.79 Å². The molecule has 1 amide bonds. The third-order valence-corrected chi connectivity index (χ3v) is 6.26. The van der Waals surface area contributed by atoms with Crippen molar-refractivity contribution in [2.45, 2.75) is 37.7 Å². The van der Waals surface area contributed by atoms with Crippen LogP contribution in [0.25, 0.3) is 0 Å². The van der Waals surface area contributed by atoms with E-state index in [1.807, 2.05) is 29.2 Å². The Morgan fingerprint density at radius 2 is 1.83 bits per heavy atom. The fourth-order valence-electron chi connectivity index (χ4n) is 4.48. The highest BCUT2D eigenvalue weighted by atomic mass is 35.5. The number of likely N-dealkylation sites (tertiary alicyclic amines) is 1. The predicted molar refractivity (Wildman–Crippen MR) is 119 cm³/mol. The van der Waals surface area contributed by atoms with Crippen LogP contribution in [0.3, 0.4) is 0 Å². The number of nitrogens with two attached hydrogens (primary N) is 1. The molecule has 1 heterocycles. The number of benzene rings is 2. The molecule has 4 rings (SSSR count). The van der Waals surface area contributed by atoms with Crippen LogP contribution in [0, 0.1) is 5.92 Å². The molecule has 0 spiro atoms. The molecule has 1 aliphatic carbocycles. The summed E-state index contributed by atoms with van der Waals surface area (Å²) in [5.41, 5.74) is 7.84. The number of hydrogen-bond acceptors (Lipinski definition) is 3. The molecule has 156 valence electrons. The minimum absolute atomic E-state index is 0. The van der Waals surface area contributed by atoms with E-state index in [1.54, 1.807) is 12.1 Å². The average molecular weight is 435 g/mol. The van der Waals surface area contributed by atoms with Crippen LogP contribution in [0.2, 0.25) is 5.02 Å². The number of nitrogens with zero attached hydrogens (tertiary/aromatic N) is 1. The van der Waals surface area contributed by atoms with Crippen LogP contribution >= 0.6 is 24.0 Å². The van der Waals surface area contributed by atoms with Crippen LogP contribution in [0.4, 0.5) is 0 Å². The number of carbonyl (C=O) groups is 1. The van der Waals surface area contributed by atoms with Crippen LogP contribution in [-0.2, 0) is 0 Å². The topological polar surface area (TPSA) is 55.6 Å². The summed E-state index contributed by atoms with van der Waals surface area (Å²) >= 11 is 6.22. The first kappa shape index (κ1) is 21.9. The molecule has 2 atom stereocenters. The molecule has 1 saturated carbocycles. The Hall–Kier alpha value is -1.75. The van der Waals surface area contributed by atoms with E-state index in [2.05, 4.69) is 12.1 Å². The van der Waals surface area contributed by atoms with E-state index in [0.29, 0.717) is 36.0 Å². The molecule has 0 aromatic heterocycles. The lowest BCUT2D eigenvalue weighted by molar-refractivity contribution is 0.0779. The lowest BCUT2D eigenvalue weighted by Gasteiger charge is -2.21. The second kappa shape index (κ2) is 9.84. The van der Waals surface area contributed by atoms with Gasteiger partial charge in [-0.15, -0.1) is 12.4 Å². The van der Waals surface area contributed by atoms with Crippen molar-refractivity contribution in [3.05, 3.63) is 64.7 Å². The van der Waals surface area contributed by atoms with Gasteiger partial charge in [-0.05, 0) is 61.9 Å². The van der Waals surface area contributed by atoms with E-state index < -0.39 is 0 Å². The van der Waals surface area contributed by atoms with Crippen molar-refractivity contribution >= 4 is 29.9 Å². The first-order chi connectivity index (χ1) is 13.7. The summed E-state index contributed by atoms with van der Waals surface area (Å²) in [6.45, 7) is 1.88. The van der Waals surface area contributed by atoms with Gasteiger partial charge in [0.25, 0.3) is 5.91 Å². The van der Waals surface area contributed by atoms with E-state index in [0.717, 1.165) is 12.8 Å². The van der Waals surface area contributed by atoms with Gasteiger partial charge >= 0.3 is 0 Å². The molecule has 0 unspecified atom stereocenters. The quantitative estimate of drug-likeness (QED) is 0.727. The summed E-state index contributed by atoms with van der Waals surface area (Å²) in [5.74, 6) is 1.14. The number of halogens is 2. The van der Waals surface area contributed by atoms with Gasteiger partial charge in [-0.2, -0.15) is 0 Å². The Bertz CT molecular complexity index is 825. The molecule has 2 aromatic carbocycles. The van der Waals surface area contributed by atoms with E-state index in [4.69, 9.17) is 22.1 Å². The number of hydrogen-bond donors (Lipinski definition) is 1. The minimum atomic E-state index is -0.0209. The highest BCUT2D eigenvalue weighted by Crippen LogP contribution is 2.35. The monoisotopic (exact) mass is 434 g/mol. The van der Waals surface area contributed by atoms with E-state index >= 15 is 0 Å². The third kappa shape index (κ3) is 4.88. The number of amides is 1. The Balaban J connectivity index is 0.00000240. The van der Waals surface area contributed by atoms with E-state index in [1.165, 1.54) is 18.4 Å². The standard InChI is InChI=1S/C23H27ClN2O2.ClH/c24-18-10-11-22(28-19-8-4-5-9-19)20(12-18)23(27)26-14-17(13-25)21(15-26)16-6-2-1-3-7-16;/h1-3,6-7,10-12,17,19,21H,4-5,8-9,13-15,25H2;1H/t17-,21+;/m1./s1. The van der Waals surface area contributed by atoms with Gasteiger partial charge < -0.3 is 15.4 Å². The molecule has 2 fully saturated rings. The first-order valence-corrected chi connectivity index (χ1v) is 10.5. The molecular formula is C23H28Cl2N2O2.